The molecule has 0 aromatic heterocycles. The van der Waals surface area contributed by atoms with Crippen molar-refractivity contribution in [3.8, 4) is 0 Å². The van der Waals surface area contributed by atoms with Crippen LogP contribution in [0.4, 0.5) is 5.69 Å². The molecule has 78 valence electrons. The first-order chi connectivity index (χ1) is 6.97. The van der Waals surface area contributed by atoms with E-state index in [1.807, 2.05) is 0 Å². The Hall–Kier alpha value is -2.24. The predicted molar refractivity (Wildman–Crippen MR) is 51.7 cm³/mol. The van der Waals surface area contributed by atoms with Crippen molar-refractivity contribution in [3.05, 3.63) is 38.9 Å². The second-order valence-corrected chi connectivity index (χ2v) is 2.96. The van der Waals surface area contributed by atoms with E-state index >= 15 is 0 Å². The number of benzene rings is 1. The van der Waals surface area contributed by atoms with Crippen molar-refractivity contribution in [2.24, 2.45) is 5.73 Å². The maximum Gasteiger partial charge on any atom is 0.270 e. The van der Waals surface area contributed by atoms with Crippen molar-refractivity contribution in [2.45, 2.75) is 6.92 Å². The Morgan fingerprint density at radius 3 is 2.53 bits per heavy atom. The summed E-state index contributed by atoms with van der Waals surface area (Å²) in [7, 11) is 0. The van der Waals surface area contributed by atoms with E-state index in [2.05, 4.69) is 0 Å². The van der Waals surface area contributed by atoms with Gasteiger partial charge in [-0.05, 0) is 12.5 Å². The molecule has 1 aromatic carbocycles. The molecule has 0 bridgehead atoms. The monoisotopic (exact) mass is 208 g/mol. The zero-order chi connectivity index (χ0) is 11.6. The number of nitrogens with zero attached hydrogens (tertiary/aromatic N) is 1. The van der Waals surface area contributed by atoms with Gasteiger partial charge in [0, 0.05) is 17.7 Å². The van der Waals surface area contributed by atoms with Crippen molar-refractivity contribution in [3.63, 3.8) is 0 Å². The number of rotatable bonds is 3. The predicted octanol–water partition coefficient (Wildman–Crippen LogP) is 0.815. The second kappa shape index (κ2) is 3.87. The molecule has 6 heteroatoms. The minimum Gasteiger partial charge on any atom is -0.366 e. The molecule has 0 aliphatic heterocycles. The standard InChI is InChI=1S/C9H8N2O4/c1-5-2-6(11(14)15)3-7(9(10)13)8(5)4-12/h2-4H,1H3,(H2,10,13). The Bertz CT molecular complexity index is 454. The van der Waals surface area contributed by atoms with Crippen molar-refractivity contribution in [1.29, 1.82) is 0 Å². The van der Waals surface area contributed by atoms with Crippen LogP contribution in [-0.4, -0.2) is 17.1 Å². The van der Waals surface area contributed by atoms with E-state index in [-0.39, 0.29) is 16.8 Å². The minimum atomic E-state index is -0.858. The molecule has 0 saturated carbocycles. The fourth-order valence-electron chi connectivity index (χ4n) is 1.24. The molecule has 1 amide bonds. The zero-order valence-electron chi connectivity index (χ0n) is 7.89. The lowest BCUT2D eigenvalue weighted by molar-refractivity contribution is -0.384. The number of amides is 1. The number of nitro groups is 1. The van der Waals surface area contributed by atoms with Crippen LogP contribution in [0.3, 0.4) is 0 Å². The van der Waals surface area contributed by atoms with Gasteiger partial charge in [0.05, 0.1) is 10.5 Å². The fourth-order valence-corrected chi connectivity index (χ4v) is 1.24. The smallest absolute Gasteiger partial charge is 0.270 e. The summed E-state index contributed by atoms with van der Waals surface area (Å²) in [6.45, 7) is 1.50. The molecule has 1 rings (SSSR count). The lowest BCUT2D eigenvalue weighted by Crippen LogP contribution is -2.15. The third-order valence-electron chi connectivity index (χ3n) is 1.97. The lowest BCUT2D eigenvalue weighted by atomic mass is 10.0. The summed E-state index contributed by atoms with van der Waals surface area (Å²) in [5.41, 5.74) is 5.07. The fraction of sp³-hybridized carbons (Fsp3) is 0.111. The van der Waals surface area contributed by atoms with Crippen LogP contribution in [0.2, 0.25) is 0 Å². The maximum absolute atomic E-state index is 10.9. The van der Waals surface area contributed by atoms with Crippen LogP contribution >= 0.6 is 0 Å². The van der Waals surface area contributed by atoms with Crippen LogP contribution in [0.5, 0.6) is 0 Å². The van der Waals surface area contributed by atoms with Crippen LogP contribution in [0.25, 0.3) is 0 Å². The molecular weight excluding hydrogens is 200 g/mol. The molecule has 6 nitrogen and oxygen atoms in total. The number of non-ortho nitro benzene ring substituents is 1. The molecule has 0 unspecified atom stereocenters. The van der Waals surface area contributed by atoms with Gasteiger partial charge in [-0.15, -0.1) is 0 Å². The summed E-state index contributed by atoms with van der Waals surface area (Å²) in [6, 6.07) is 2.22. The van der Waals surface area contributed by atoms with Crippen LogP contribution in [0, 0.1) is 17.0 Å². The minimum absolute atomic E-state index is 0.0908. The summed E-state index contributed by atoms with van der Waals surface area (Å²) >= 11 is 0. The molecule has 0 aliphatic carbocycles. The van der Waals surface area contributed by atoms with Crippen LogP contribution in [-0.2, 0) is 0 Å². The molecule has 0 atom stereocenters. The molecule has 0 heterocycles. The van der Waals surface area contributed by atoms with Gasteiger partial charge < -0.3 is 5.73 Å². The molecule has 0 saturated heterocycles. The third-order valence-corrected chi connectivity index (χ3v) is 1.97. The number of carbonyl (C=O) groups is 2. The van der Waals surface area contributed by atoms with Crippen molar-refractivity contribution in [2.75, 3.05) is 0 Å². The molecule has 1 aromatic rings. The normalized spacial score (nSPS) is 9.67. The highest BCUT2D eigenvalue weighted by atomic mass is 16.6. The van der Waals surface area contributed by atoms with Gasteiger partial charge in [-0.2, -0.15) is 0 Å². The zero-order valence-corrected chi connectivity index (χ0v) is 7.89. The van der Waals surface area contributed by atoms with E-state index in [9.17, 15) is 19.7 Å². The lowest BCUT2D eigenvalue weighted by Gasteiger charge is -2.03. The van der Waals surface area contributed by atoms with Crippen molar-refractivity contribution >= 4 is 17.9 Å². The summed E-state index contributed by atoms with van der Waals surface area (Å²) < 4.78 is 0. The maximum atomic E-state index is 10.9. The SMILES string of the molecule is Cc1cc([N+](=O)[O-])cc(C(N)=O)c1C=O. The second-order valence-electron chi connectivity index (χ2n) is 2.96. The number of hydrogen-bond acceptors (Lipinski definition) is 4. The number of primary amides is 1. The van der Waals surface area contributed by atoms with E-state index in [1.54, 1.807) is 0 Å². The first-order valence-corrected chi connectivity index (χ1v) is 4.01. The number of nitro benzene ring substituents is 1. The highest BCUT2D eigenvalue weighted by Gasteiger charge is 2.16. The number of carbonyl (C=O) groups excluding carboxylic acids is 2. The summed E-state index contributed by atoms with van der Waals surface area (Å²) in [5, 5.41) is 10.5. The highest BCUT2D eigenvalue weighted by Crippen LogP contribution is 2.20. The van der Waals surface area contributed by atoms with Crippen LogP contribution in [0.15, 0.2) is 12.1 Å². The third kappa shape index (κ3) is 1.98. The van der Waals surface area contributed by atoms with Crippen LogP contribution in [0.1, 0.15) is 26.3 Å². The average molecular weight is 208 g/mol. The molecule has 2 N–H and O–H groups in total. The van der Waals surface area contributed by atoms with E-state index in [0.29, 0.717) is 11.8 Å². The Morgan fingerprint density at radius 1 is 1.53 bits per heavy atom. The molecule has 0 radical (unpaired) electrons. The Balaban J connectivity index is 3.52. The first kappa shape index (κ1) is 10.8. The van der Waals surface area contributed by atoms with Gasteiger partial charge >= 0.3 is 0 Å². The van der Waals surface area contributed by atoms with Gasteiger partial charge in [0.2, 0.25) is 5.91 Å². The van der Waals surface area contributed by atoms with Gasteiger partial charge in [0.25, 0.3) is 5.69 Å². The Morgan fingerprint density at radius 2 is 2.13 bits per heavy atom. The summed E-state index contributed by atoms with van der Waals surface area (Å²) in [5.74, 6) is -0.858. The van der Waals surface area contributed by atoms with Crippen molar-refractivity contribution < 1.29 is 14.5 Å². The van der Waals surface area contributed by atoms with E-state index in [4.69, 9.17) is 5.73 Å². The van der Waals surface area contributed by atoms with E-state index in [0.717, 1.165) is 6.07 Å². The molecular formula is C9H8N2O4. The Kier molecular flexibility index (Phi) is 2.80. The Labute approximate surface area is 84.8 Å². The highest BCUT2D eigenvalue weighted by molar-refractivity contribution is 6.01. The topological polar surface area (TPSA) is 103 Å². The van der Waals surface area contributed by atoms with Gasteiger partial charge in [0.15, 0.2) is 6.29 Å². The van der Waals surface area contributed by atoms with Gasteiger partial charge in [0.1, 0.15) is 0 Å². The largest absolute Gasteiger partial charge is 0.366 e. The van der Waals surface area contributed by atoms with Gasteiger partial charge in [-0.3, -0.25) is 19.7 Å². The molecule has 0 spiro atoms. The summed E-state index contributed by atoms with van der Waals surface area (Å²) in [6.07, 6.45) is 0.457. The summed E-state index contributed by atoms with van der Waals surface area (Å²) in [4.78, 5) is 31.5. The number of nitrogens with two attached hydrogens (primary N) is 1. The van der Waals surface area contributed by atoms with E-state index < -0.39 is 10.8 Å². The number of aldehydes is 1. The van der Waals surface area contributed by atoms with Crippen molar-refractivity contribution in [1.82, 2.24) is 0 Å². The van der Waals surface area contributed by atoms with Crippen LogP contribution < -0.4 is 5.73 Å². The number of hydrogen-bond donors (Lipinski definition) is 1. The molecule has 0 fully saturated rings. The molecule has 0 aliphatic rings. The van der Waals surface area contributed by atoms with Gasteiger partial charge in [-0.1, -0.05) is 0 Å². The molecule has 15 heavy (non-hydrogen) atoms. The average Bonchev–Trinajstić information content (AvgIpc) is 2.16. The first-order valence-electron chi connectivity index (χ1n) is 4.01. The quantitative estimate of drug-likeness (QED) is 0.451. The number of aryl methyl sites for hydroxylation is 1. The van der Waals surface area contributed by atoms with Gasteiger partial charge in [-0.25, -0.2) is 0 Å². The van der Waals surface area contributed by atoms with E-state index in [1.165, 1.54) is 13.0 Å².